The first-order valence-corrected chi connectivity index (χ1v) is 23.8. The van der Waals surface area contributed by atoms with Gasteiger partial charge in [-0.15, -0.1) is 0 Å². The van der Waals surface area contributed by atoms with Crippen molar-refractivity contribution in [3.05, 3.63) is 12.2 Å². The highest BCUT2D eigenvalue weighted by atomic mass is 14.6. The summed E-state index contributed by atoms with van der Waals surface area (Å²) in [7, 11) is 0. The van der Waals surface area contributed by atoms with Gasteiger partial charge >= 0.3 is 0 Å². The van der Waals surface area contributed by atoms with Crippen LogP contribution < -0.4 is 0 Å². The van der Waals surface area contributed by atoms with Gasteiger partial charge in [-0.1, -0.05) is 134 Å². The monoisotopic (exact) mass is 719 g/mol. The zero-order chi connectivity index (χ0) is 38.0. The molecule has 0 nitrogen and oxygen atoms in total. The van der Waals surface area contributed by atoms with E-state index < -0.39 is 0 Å². The summed E-state index contributed by atoms with van der Waals surface area (Å²) < 4.78 is 0. The van der Waals surface area contributed by atoms with Crippen molar-refractivity contribution in [3.63, 3.8) is 0 Å². The lowest BCUT2D eigenvalue weighted by Crippen LogP contribution is -2.49. The van der Waals surface area contributed by atoms with Crippen LogP contribution in [0.4, 0.5) is 0 Å². The smallest absolute Gasteiger partial charge is 0.0285 e. The molecule has 302 valence electrons. The molecule has 0 heterocycles. The summed E-state index contributed by atoms with van der Waals surface area (Å²) in [6, 6.07) is 0. The minimum Gasteiger partial charge on any atom is -0.0880 e. The van der Waals surface area contributed by atoms with E-state index in [4.69, 9.17) is 0 Å². The summed E-state index contributed by atoms with van der Waals surface area (Å²) in [6.45, 7) is 28.9. The molecule has 2 atom stereocenters. The zero-order valence-corrected chi connectivity index (χ0v) is 37.7. The average molecular weight is 719 g/mol. The highest BCUT2D eigenvalue weighted by molar-refractivity contribution is 5.02. The number of rotatable bonds is 0. The van der Waals surface area contributed by atoms with Crippen LogP contribution in [0.5, 0.6) is 0 Å². The van der Waals surface area contributed by atoms with Crippen LogP contribution in [0, 0.1) is 79.8 Å². The second kappa shape index (κ2) is 17.1. The quantitative estimate of drug-likeness (QED) is 0.219. The highest BCUT2D eigenvalue weighted by Gasteiger charge is 2.52. The van der Waals surface area contributed by atoms with Crippen molar-refractivity contribution in [1.29, 1.82) is 0 Å². The molecule has 0 aliphatic heterocycles. The fraction of sp³-hybridized carbons (Fsp3) is 0.962. The Morgan fingerprint density at radius 1 is 0.346 bits per heavy atom. The maximum Gasteiger partial charge on any atom is -0.0285 e. The van der Waals surface area contributed by atoms with Gasteiger partial charge in [-0.05, 0) is 195 Å². The molecule has 0 saturated heterocycles. The molecule has 0 radical (unpaired) electrons. The fourth-order valence-corrected chi connectivity index (χ4v) is 13.9. The summed E-state index contributed by atoms with van der Waals surface area (Å²) >= 11 is 0. The Bertz CT molecular complexity index is 1050. The van der Waals surface area contributed by atoms with Crippen LogP contribution in [0.3, 0.4) is 0 Å². The summed E-state index contributed by atoms with van der Waals surface area (Å²) in [5.74, 6) is 8.91. The molecule has 52 heavy (non-hydrogen) atoms. The third-order valence-corrected chi connectivity index (χ3v) is 17.4. The molecule has 0 aromatic heterocycles. The van der Waals surface area contributed by atoms with Crippen molar-refractivity contribution < 1.29 is 0 Å². The van der Waals surface area contributed by atoms with Crippen LogP contribution >= 0.6 is 0 Å². The average Bonchev–Trinajstić information content (AvgIpc) is 3.81. The first kappa shape index (κ1) is 42.9. The van der Waals surface area contributed by atoms with Gasteiger partial charge in [0.05, 0.1) is 0 Å². The van der Waals surface area contributed by atoms with Gasteiger partial charge in [0.2, 0.25) is 0 Å². The SMILES string of the molecule is CC1(C)C2CC3CC(C2)CC1C3.CC1(C)CC2CC(C2)C1.CC1(C)CC2CCC1C2.CC1(C)CC=CC1.CC1(C)CCCC1.CC1(C)CCCCC1. The van der Waals surface area contributed by atoms with Gasteiger partial charge in [0, 0.05) is 0 Å². The molecule has 0 heteroatoms. The number of allylic oxidation sites excluding steroid dienone is 2. The predicted molar refractivity (Wildman–Crippen MR) is 231 cm³/mol. The highest BCUT2D eigenvalue weighted by Crippen LogP contribution is 2.62. The van der Waals surface area contributed by atoms with E-state index in [1.54, 1.807) is 51.4 Å². The number of hydrogen-bond acceptors (Lipinski definition) is 0. The lowest BCUT2D eigenvalue weighted by molar-refractivity contribution is -0.0876. The van der Waals surface area contributed by atoms with Gasteiger partial charge in [0.1, 0.15) is 0 Å². The van der Waals surface area contributed by atoms with Crippen molar-refractivity contribution >= 4 is 0 Å². The van der Waals surface area contributed by atoms with Gasteiger partial charge in [-0.25, -0.2) is 0 Å². The molecule has 11 fully saturated rings. The normalized spacial score (nSPS) is 40.1. The maximum absolute atomic E-state index is 2.53. The van der Waals surface area contributed by atoms with Crippen LogP contribution in [0.1, 0.15) is 237 Å². The standard InChI is InChI=1S/C12H20.2C9H16.C8H16.C7H14.C7H12/c1-12(2)10-4-8-3-9(6-10)7-11(12)5-8;1-9(2)5-7-3-8(4-7)6-9;1-9(2)6-7-3-4-8(9)5-7;1-8(2)6-4-3-5-7-8;2*1-7(2)5-3-4-6-7/h8-11H,3-7H2,1-2H3;2*7-8H,3-6H2,1-2H3;3-7H2,1-2H3;3-6H2,1-2H3;3-4H,5-6H2,1-2H3. The molecule has 12 aliphatic rings. The van der Waals surface area contributed by atoms with Crippen LogP contribution in [-0.2, 0) is 0 Å². The lowest BCUT2D eigenvalue weighted by Gasteiger charge is -2.59. The maximum atomic E-state index is 2.53. The molecule has 12 aliphatic carbocycles. The van der Waals surface area contributed by atoms with E-state index in [9.17, 15) is 0 Å². The third kappa shape index (κ3) is 12.4. The Hall–Kier alpha value is -0.260. The van der Waals surface area contributed by atoms with E-state index in [-0.39, 0.29) is 0 Å². The topological polar surface area (TPSA) is 0 Å². The predicted octanol–water partition coefficient (Wildman–Crippen LogP) is 17.1. The number of fused-ring (bicyclic) bond motifs is 4. The van der Waals surface area contributed by atoms with Crippen molar-refractivity contribution in [2.45, 2.75) is 237 Å². The van der Waals surface area contributed by atoms with E-state index >= 15 is 0 Å². The molecular formula is C52H94. The zero-order valence-electron chi connectivity index (χ0n) is 37.7. The van der Waals surface area contributed by atoms with Gasteiger partial charge in [-0.2, -0.15) is 0 Å². The van der Waals surface area contributed by atoms with E-state index in [1.807, 2.05) is 0 Å². The van der Waals surface area contributed by atoms with Crippen LogP contribution in [-0.4, -0.2) is 0 Å². The van der Waals surface area contributed by atoms with Crippen molar-refractivity contribution in [2.75, 3.05) is 0 Å². The second-order valence-corrected chi connectivity index (χ2v) is 25.6. The van der Waals surface area contributed by atoms with E-state index in [0.717, 1.165) is 47.3 Å². The summed E-state index contributed by atoms with van der Waals surface area (Å²) in [6.07, 6.45) is 40.3. The second-order valence-electron chi connectivity index (χ2n) is 25.6. The van der Waals surface area contributed by atoms with E-state index in [2.05, 4.69) is 95.2 Å². The molecular weight excluding hydrogens is 625 g/mol. The fourth-order valence-electron chi connectivity index (χ4n) is 13.9. The molecule has 2 unspecified atom stereocenters. The van der Waals surface area contributed by atoms with Crippen molar-refractivity contribution in [3.8, 4) is 0 Å². The van der Waals surface area contributed by atoms with Gasteiger partial charge in [-0.3, -0.25) is 0 Å². The Morgan fingerprint density at radius 3 is 0.981 bits per heavy atom. The summed E-state index contributed by atoms with van der Waals surface area (Å²) in [5.41, 5.74) is 4.07. The van der Waals surface area contributed by atoms with Crippen LogP contribution in [0.25, 0.3) is 0 Å². The van der Waals surface area contributed by atoms with Gasteiger partial charge in [0.25, 0.3) is 0 Å². The Labute approximate surface area is 328 Å². The summed E-state index contributed by atoms with van der Waals surface area (Å²) in [4.78, 5) is 0. The first-order chi connectivity index (χ1) is 24.1. The van der Waals surface area contributed by atoms with Gasteiger partial charge < -0.3 is 0 Å². The largest absolute Gasteiger partial charge is 0.0880 e. The third-order valence-electron chi connectivity index (χ3n) is 17.4. The molecule has 0 aromatic carbocycles. The van der Waals surface area contributed by atoms with Crippen LogP contribution in [0.15, 0.2) is 12.2 Å². The summed E-state index contributed by atoms with van der Waals surface area (Å²) in [5, 5.41) is 0. The van der Waals surface area contributed by atoms with E-state index in [1.165, 1.54) is 103 Å². The minimum atomic E-state index is 0.583. The minimum absolute atomic E-state index is 0.583. The lowest BCUT2D eigenvalue weighted by atomic mass is 9.46. The van der Waals surface area contributed by atoms with Gasteiger partial charge in [0.15, 0.2) is 0 Å². The Morgan fingerprint density at radius 2 is 0.750 bits per heavy atom. The first-order valence-electron chi connectivity index (χ1n) is 23.8. The molecule has 0 amide bonds. The molecule has 11 saturated carbocycles. The molecule has 0 aromatic rings. The number of hydrogen-bond donors (Lipinski definition) is 0. The van der Waals surface area contributed by atoms with E-state index in [0.29, 0.717) is 32.5 Å². The molecule has 8 bridgehead atoms. The Kier molecular flexibility index (Phi) is 14.1. The molecule has 0 spiro atoms. The van der Waals surface area contributed by atoms with Crippen molar-refractivity contribution in [2.24, 2.45) is 79.8 Å². The van der Waals surface area contributed by atoms with Crippen LogP contribution in [0.2, 0.25) is 0 Å². The Balaban J connectivity index is 0.000000122. The molecule has 0 N–H and O–H groups in total. The van der Waals surface area contributed by atoms with Crippen molar-refractivity contribution in [1.82, 2.24) is 0 Å². The molecule has 12 rings (SSSR count).